The van der Waals surface area contributed by atoms with Crippen LogP contribution in [0.1, 0.15) is 24.1 Å². The molecule has 0 heterocycles. The number of nitrogens with one attached hydrogen (secondary N) is 1. The number of benzene rings is 2. The van der Waals surface area contributed by atoms with Crippen LogP contribution in [-0.4, -0.2) is 19.3 Å². The topological polar surface area (TPSA) is 50.7 Å². The number of aliphatic hydroxyl groups is 1. The summed E-state index contributed by atoms with van der Waals surface area (Å²) in [7, 11) is 3.00. The van der Waals surface area contributed by atoms with Crippen LogP contribution in [0.4, 0.5) is 10.1 Å². The van der Waals surface area contributed by atoms with Gasteiger partial charge in [0.2, 0.25) is 0 Å². The van der Waals surface area contributed by atoms with Crippen molar-refractivity contribution in [1.82, 2.24) is 0 Å². The first kappa shape index (κ1) is 16.1. The third kappa shape index (κ3) is 3.49. The maximum atomic E-state index is 13.8. The van der Waals surface area contributed by atoms with Crippen LogP contribution in [0.2, 0.25) is 0 Å². The van der Waals surface area contributed by atoms with Crippen molar-refractivity contribution in [2.75, 3.05) is 19.5 Å². The van der Waals surface area contributed by atoms with Gasteiger partial charge >= 0.3 is 0 Å². The van der Waals surface area contributed by atoms with E-state index in [0.717, 1.165) is 11.3 Å². The van der Waals surface area contributed by atoms with E-state index < -0.39 is 0 Å². The van der Waals surface area contributed by atoms with Crippen LogP contribution in [0, 0.1) is 5.82 Å². The van der Waals surface area contributed by atoms with Crippen molar-refractivity contribution in [3.05, 3.63) is 53.3 Å². The van der Waals surface area contributed by atoms with Crippen molar-refractivity contribution in [3.8, 4) is 11.5 Å². The SMILES string of the molecule is COc1ccc(C(C)Nc2ccc(OC)c(CO)c2)cc1F. The van der Waals surface area contributed by atoms with Crippen LogP contribution in [0.3, 0.4) is 0 Å². The van der Waals surface area contributed by atoms with E-state index in [1.807, 2.05) is 25.1 Å². The molecule has 0 aliphatic heterocycles. The van der Waals surface area contributed by atoms with E-state index in [4.69, 9.17) is 9.47 Å². The zero-order chi connectivity index (χ0) is 16.1. The Kier molecular flexibility index (Phi) is 5.22. The third-order valence-corrected chi connectivity index (χ3v) is 3.51. The fraction of sp³-hybridized carbons (Fsp3) is 0.294. The Balaban J connectivity index is 2.18. The first-order valence-corrected chi connectivity index (χ1v) is 6.96. The number of anilines is 1. The number of rotatable bonds is 6. The van der Waals surface area contributed by atoms with Gasteiger partial charge in [-0.3, -0.25) is 0 Å². The normalized spacial score (nSPS) is 11.9. The van der Waals surface area contributed by atoms with Crippen LogP contribution in [0.5, 0.6) is 11.5 Å². The van der Waals surface area contributed by atoms with Gasteiger partial charge < -0.3 is 19.9 Å². The summed E-state index contributed by atoms with van der Waals surface area (Å²) in [6, 6.07) is 10.2. The molecule has 2 N–H and O–H groups in total. The molecule has 1 unspecified atom stereocenters. The van der Waals surface area contributed by atoms with Crippen molar-refractivity contribution in [2.45, 2.75) is 19.6 Å². The minimum absolute atomic E-state index is 0.0969. The Morgan fingerprint density at radius 1 is 1.09 bits per heavy atom. The summed E-state index contributed by atoms with van der Waals surface area (Å²) >= 11 is 0. The lowest BCUT2D eigenvalue weighted by molar-refractivity contribution is 0.274. The van der Waals surface area contributed by atoms with E-state index in [2.05, 4.69) is 5.32 Å². The second-order valence-electron chi connectivity index (χ2n) is 4.94. The molecule has 22 heavy (non-hydrogen) atoms. The Morgan fingerprint density at radius 2 is 1.77 bits per heavy atom. The molecule has 2 rings (SSSR count). The predicted octanol–water partition coefficient (Wildman–Crippen LogP) is 3.51. The van der Waals surface area contributed by atoms with Gasteiger partial charge in [-0.25, -0.2) is 4.39 Å². The molecule has 4 nitrogen and oxygen atoms in total. The number of methoxy groups -OCH3 is 2. The highest BCUT2D eigenvalue weighted by atomic mass is 19.1. The second-order valence-corrected chi connectivity index (χ2v) is 4.94. The number of hydrogen-bond donors (Lipinski definition) is 2. The molecule has 1 atom stereocenters. The van der Waals surface area contributed by atoms with Crippen molar-refractivity contribution >= 4 is 5.69 Å². The number of aliphatic hydroxyl groups excluding tert-OH is 1. The van der Waals surface area contributed by atoms with Crippen LogP contribution < -0.4 is 14.8 Å². The van der Waals surface area contributed by atoms with E-state index in [-0.39, 0.29) is 24.2 Å². The molecule has 5 heteroatoms. The van der Waals surface area contributed by atoms with E-state index >= 15 is 0 Å². The molecule has 118 valence electrons. The molecule has 0 fully saturated rings. The molecule has 0 spiro atoms. The highest BCUT2D eigenvalue weighted by Gasteiger charge is 2.11. The highest BCUT2D eigenvalue weighted by molar-refractivity contribution is 5.52. The lowest BCUT2D eigenvalue weighted by atomic mass is 10.1. The van der Waals surface area contributed by atoms with E-state index in [9.17, 15) is 9.50 Å². The van der Waals surface area contributed by atoms with Crippen molar-refractivity contribution in [2.24, 2.45) is 0 Å². The van der Waals surface area contributed by atoms with Crippen LogP contribution >= 0.6 is 0 Å². The lowest BCUT2D eigenvalue weighted by Gasteiger charge is -2.18. The van der Waals surface area contributed by atoms with E-state index in [1.54, 1.807) is 19.2 Å². The summed E-state index contributed by atoms with van der Waals surface area (Å²) in [6.07, 6.45) is 0. The van der Waals surface area contributed by atoms with Crippen LogP contribution in [-0.2, 0) is 6.61 Å². The minimum Gasteiger partial charge on any atom is -0.496 e. The van der Waals surface area contributed by atoms with E-state index in [0.29, 0.717) is 11.3 Å². The molecular formula is C17H20FNO3. The maximum Gasteiger partial charge on any atom is 0.165 e. The van der Waals surface area contributed by atoms with Gasteiger partial charge in [-0.15, -0.1) is 0 Å². The smallest absolute Gasteiger partial charge is 0.165 e. The number of hydrogen-bond acceptors (Lipinski definition) is 4. The summed E-state index contributed by atoms with van der Waals surface area (Å²) in [6.45, 7) is 1.83. The Bertz CT molecular complexity index is 646. The molecular weight excluding hydrogens is 285 g/mol. The Morgan fingerprint density at radius 3 is 2.36 bits per heavy atom. The summed E-state index contributed by atoms with van der Waals surface area (Å²) < 4.78 is 23.9. The van der Waals surface area contributed by atoms with Gasteiger partial charge in [0, 0.05) is 17.3 Å². The number of ether oxygens (including phenoxy) is 2. The Labute approximate surface area is 129 Å². The maximum absolute atomic E-state index is 13.8. The molecule has 0 radical (unpaired) electrons. The van der Waals surface area contributed by atoms with Gasteiger partial charge in [0.05, 0.1) is 20.8 Å². The largest absolute Gasteiger partial charge is 0.496 e. The zero-order valence-corrected chi connectivity index (χ0v) is 12.9. The van der Waals surface area contributed by atoms with Gasteiger partial charge in [-0.2, -0.15) is 0 Å². The van der Waals surface area contributed by atoms with Gasteiger partial charge in [-0.1, -0.05) is 6.07 Å². The summed E-state index contributed by atoms with van der Waals surface area (Å²) in [5.74, 6) is 0.471. The quantitative estimate of drug-likeness (QED) is 0.857. The minimum atomic E-state index is -0.389. The molecule has 2 aromatic rings. The fourth-order valence-corrected chi connectivity index (χ4v) is 2.28. The average molecular weight is 305 g/mol. The molecule has 0 saturated heterocycles. The Hall–Kier alpha value is -2.27. The van der Waals surface area contributed by atoms with Gasteiger partial charge in [-0.05, 0) is 42.8 Å². The molecule has 0 aliphatic rings. The van der Waals surface area contributed by atoms with Gasteiger partial charge in [0.1, 0.15) is 5.75 Å². The highest BCUT2D eigenvalue weighted by Crippen LogP contribution is 2.27. The first-order valence-electron chi connectivity index (χ1n) is 6.96. The molecule has 2 aromatic carbocycles. The molecule has 0 aliphatic carbocycles. The molecule has 0 saturated carbocycles. The average Bonchev–Trinajstić information content (AvgIpc) is 2.54. The van der Waals surface area contributed by atoms with Crippen molar-refractivity contribution in [1.29, 1.82) is 0 Å². The van der Waals surface area contributed by atoms with Gasteiger partial charge in [0.25, 0.3) is 0 Å². The lowest BCUT2D eigenvalue weighted by Crippen LogP contribution is -2.07. The monoisotopic (exact) mass is 305 g/mol. The van der Waals surface area contributed by atoms with Crippen LogP contribution in [0.15, 0.2) is 36.4 Å². The molecule has 0 bridgehead atoms. The number of halogens is 1. The standard InChI is InChI=1S/C17H20FNO3/c1-11(12-4-6-17(22-3)15(18)9-12)19-14-5-7-16(21-2)13(8-14)10-20/h4-9,11,19-20H,10H2,1-3H3. The van der Waals surface area contributed by atoms with Gasteiger partial charge in [0.15, 0.2) is 11.6 Å². The zero-order valence-electron chi connectivity index (χ0n) is 12.9. The van der Waals surface area contributed by atoms with E-state index in [1.165, 1.54) is 13.2 Å². The second kappa shape index (κ2) is 7.13. The van der Waals surface area contributed by atoms with Crippen molar-refractivity contribution < 1.29 is 19.0 Å². The summed E-state index contributed by atoms with van der Waals surface area (Å²) in [5.41, 5.74) is 2.33. The third-order valence-electron chi connectivity index (χ3n) is 3.51. The fourth-order valence-electron chi connectivity index (χ4n) is 2.28. The van der Waals surface area contributed by atoms with Crippen molar-refractivity contribution in [3.63, 3.8) is 0 Å². The first-order chi connectivity index (χ1) is 10.6. The summed E-state index contributed by atoms with van der Waals surface area (Å²) in [5, 5.41) is 12.6. The predicted molar refractivity (Wildman–Crippen MR) is 83.9 cm³/mol. The molecule has 0 amide bonds. The van der Waals surface area contributed by atoms with Crippen LogP contribution in [0.25, 0.3) is 0 Å². The molecule has 0 aromatic heterocycles. The summed E-state index contributed by atoms with van der Waals surface area (Å²) in [4.78, 5) is 0.